The van der Waals surface area contributed by atoms with Gasteiger partial charge in [-0.15, -0.1) is 0 Å². The number of anilines is 1. The summed E-state index contributed by atoms with van der Waals surface area (Å²) in [6, 6.07) is 8.58. The Bertz CT molecular complexity index is 692. The molecule has 0 radical (unpaired) electrons. The van der Waals surface area contributed by atoms with Crippen LogP contribution >= 0.6 is 0 Å². The average molecular weight is 297 g/mol. The number of benzene rings is 1. The molecular weight excluding hydrogens is 274 g/mol. The first-order valence-corrected chi connectivity index (χ1v) is 7.87. The van der Waals surface area contributed by atoms with Crippen molar-refractivity contribution in [2.45, 2.75) is 52.0 Å². The van der Waals surface area contributed by atoms with Crippen molar-refractivity contribution in [3.05, 3.63) is 47.2 Å². The summed E-state index contributed by atoms with van der Waals surface area (Å²) in [5.41, 5.74) is 3.45. The van der Waals surface area contributed by atoms with Crippen LogP contribution in [0.15, 0.2) is 30.5 Å². The van der Waals surface area contributed by atoms with Gasteiger partial charge in [0.1, 0.15) is 5.82 Å². The van der Waals surface area contributed by atoms with Crippen LogP contribution in [0, 0.1) is 0 Å². The van der Waals surface area contributed by atoms with E-state index >= 15 is 0 Å². The summed E-state index contributed by atoms with van der Waals surface area (Å²) in [4.78, 5) is 12.2. The Labute approximate surface area is 131 Å². The standard InChI is InChI=1S/C18H23N3O/c1-5-12-6-8-13(9-7-12)14-10-16(22)20-17-15(14)11-19-21(17)18(2,3)4/h6-9,11,14H,5,10H2,1-4H3,(H,20,22)/t14-/m1/s1. The smallest absolute Gasteiger partial charge is 0.226 e. The van der Waals surface area contributed by atoms with Gasteiger partial charge in [0.25, 0.3) is 0 Å². The van der Waals surface area contributed by atoms with E-state index in [1.807, 2.05) is 10.9 Å². The molecule has 2 aromatic rings. The maximum atomic E-state index is 12.2. The summed E-state index contributed by atoms with van der Waals surface area (Å²) >= 11 is 0. The summed E-state index contributed by atoms with van der Waals surface area (Å²) < 4.78 is 1.91. The largest absolute Gasteiger partial charge is 0.311 e. The molecule has 1 aromatic carbocycles. The number of amides is 1. The van der Waals surface area contributed by atoms with Gasteiger partial charge >= 0.3 is 0 Å². The van der Waals surface area contributed by atoms with E-state index in [0.717, 1.165) is 17.8 Å². The van der Waals surface area contributed by atoms with Crippen LogP contribution < -0.4 is 5.32 Å². The van der Waals surface area contributed by atoms with Crippen molar-refractivity contribution in [2.75, 3.05) is 5.32 Å². The predicted molar refractivity (Wildman–Crippen MR) is 88.1 cm³/mol. The van der Waals surface area contributed by atoms with E-state index in [1.54, 1.807) is 0 Å². The van der Waals surface area contributed by atoms with Crippen LogP contribution in [-0.4, -0.2) is 15.7 Å². The lowest BCUT2D eigenvalue weighted by Gasteiger charge is -2.28. The second kappa shape index (κ2) is 5.27. The molecule has 2 heterocycles. The van der Waals surface area contributed by atoms with Crippen molar-refractivity contribution in [3.63, 3.8) is 0 Å². The molecular formula is C18H23N3O. The fourth-order valence-corrected chi connectivity index (χ4v) is 3.01. The Hall–Kier alpha value is -2.10. The van der Waals surface area contributed by atoms with Crippen LogP contribution in [-0.2, 0) is 16.8 Å². The molecule has 1 aliphatic heterocycles. The molecule has 0 bridgehead atoms. The van der Waals surface area contributed by atoms with Gasteiger partial charge in [0.05, 0.1) is 11.7 Å². The Morgan fingerprint density at radius 3 is 2.55 bits per heavy atom. The topological polar surface area (TPSA) is 46.9 Å². The fraction of sp³-hybridized carbons (Fsp3) is 0.444. The van der Waals surface area contributed by atoms with Crippen LogP contribution in [0.5, 0.6) is 0 Å². The predicted octanol–water partition coefficient (Wildman–Crippen LogP) is 3.67. The maximum Gasteiger partial charge on any atom is 0.226 e. The molecule has 3 rings (SSSR count). The molecule has 4 heteroatoms. The third kappa shape index (κ3) is 2.54. The van der Waals surface area contributed by atoms with Crippen LogP contribution in [0.2, 0.25) is 0 Å². The first-order chi connectivity index (χ1) is 10.4. The lowest BCUT2D eigenvalue weighted by molar-refractivity contribution is -0.116. The number of hydrogen-bond acceptors (Lipinski definition) is 2. The molecule has 0 unspecified atom stereocenters. The van der Waals surface area contributed by atoms with E-state index in [4.69, 9.17) is 0 Å². The molecule has 0 saturated heterocycles. The molecule has 22 heavy (non-hydrogen) atoms. The monoisotopic (exact) mass is 297 g/mol. The maximum absolute atomic E-state index is 12.2. The number of rotatable bonds is 2. The summed E-state index contributed by atoms with van der Waals surface area (Å²) in [6.07, 6.45) is 3.41. The van der Waals surface area contributed by atoms with E-state index in [1.165, 1.54) is 11.1 Å². The molecule has 1 atom stereocenters. The highest BCUT2D eigenvalue weighted by molar-refractivity contribution is 5.94. The molecule has 0 spiro atoms. The van der Waals surface area contributed by atoms with Crippen molar-refractivity contribution in [1.29, 1.82) is 0 Å². The van der Waals surface area contributed by atoms with E-state index in [2.05, 4.69) is 62.4 Å². The highest BCUT2D eigenvalue weighted by Gasteiger charge is 2.32. The van der Waals surface area contributed by atoms with Gasteiger partial charge < -0.3 is 5.32 Å². The number of nitrogens with one attached hydrogen (secondary N) is 1. The summed E-state index contributed by atoms with van der Waals surface area (Å²) in [5, 5.41) is 7.51. The number of aryl methyl sites for hydroxylation is 1. The van der Waals surface area contributed by atoms with Crippen LogP contribution in [0.25, 0.3) is 0 Å². The number of hydrogen-bond donors (Lipinski definition) is 1. The highest BCUT2D eigenvalue weighted by atomic mass is 16.1. The van der Waals surface area contributed by atoms with Gasteiger partial charge in [-0.1, -0.05) is 31.2 Å². The molecule has 0 aliphatic carbocycles. The van der Waals surface area contributed by atoms with Gasteiger partial charge in [0.15, 0.2) is 0 Å². The third-order valence-electron chi connectivity index (χ3n) is 4.25. The fourth-order valence-electron chi connectivity index (χ4n) is 3.01. The van der Waals surface area contributed by atoms with Gasteiger partial charge in [-0.2, -0.15) is 5.10 Å². The van der Waals surface area contributed by atoms with Crippen molar-refractivity contribution in [2.24, 2.45) is 0 Å². The van der Waals surface area contributed by atoms with Gasteiger partial charge in [-0.25, -0.2) is 4.68 Å². The zero-order valence-electron chi connectivity index (χ0n) is 13.7. The second-order valence-electron chi connectivity index (χ2n) is 6.93. The third-order valence-corrected chi connectivity index (χ3v) is 4.25. The average Bonchev–Trinajstić information content (AvgIpc) is 2.90. The second-order valence-corrected chi connectivity index (χ2v) is 6.93. The van der Waals surface area contributed by atoms with Gasteiger partial charge in [0, 0.05) is 17.9 Å². The van der Waals surface area contributed by atoms with Gasteiger partial charge in [-0.05, 0) is 38.3 Å². The summed E-state index contributed by atoms with van der Waals surface area (Å²) in [6.45, 7) is 8.42. The first kappa shape index (κ1) is 14.8. The minimum absolute atomic E-state index is 0.0584. The molecule has 116 valence electrons. The number of fused-ring (bicyclic) bond motifs is 1. The van der Waals surface area contributed by atoms with E-state index in [9.17, 15) is 4.79 Å². The van der Waals surface area contributed by atoms with Crippen LogP contribution in [0.3, 0.4) is 0 Å². The molecule has 1 N–H and O–H groups in total. The number of carbonyl (C=O) groups excluding carboxylic acids is 1. The number of aromatic nitrogens is 2. The van der Waals surface area contributed by atoms with E-state index < -0.39 is 0 Å². The van der Waals surface area contributed by atoms with Gasteiger partial charge in [-0.3, -0.25) is 4.79 Å². The quantitative estimate of drug-likeness (QED) is 0.919. The lowest BCUT2D eigenvalue weighted by Crippen LogP contribution is -2.30. The Morgan fingerprint density at radius 2 is 1.95 bits per heavy atom. The lowest BCUT2D eigenvalue weighted by atomic mass is 9.87. The zero-order chi connectivity index (χ0) is 15.9. The highest BCUT2D eigenvalue weighted by Crippen LogP contribution is 2.38. The van der Waals surface area contributed by atoms with Crippen molar-refractivity contribution < 1.29 is 4.79 Å². The summed E-state index contributed by atoms with van der Waals surface area (Å²) in [5.74, 6) is 0.988. The Balaban J connectivity index is 2.04. The molecule has 1 aliphatic rings. The number of nitrogens with zero attached hydrogens (tertiary/aromatic N) is 2. The van der Waals surface area contributed by atoms with Crippen molar-refractivity contribution in [1.82, 2.24) is 9.78 Å². The molecule has 4 nitrogen and oxygen atoms in total. The number of carbonyl (C=O) groups is 1. The minimum Gasteiger partial charge on any atom is -0.311 e. The van der Waals surface area contributed by atoms with Crippen LogP contribution in [0.1, 0.15) is 56.7 Å². The Kier molecular flexibility index (Phi) is 3.55. The molecule has 0 saturated carbocycles. The normalized spacial score (nSPS) is 18.0. The van der Waals surface area contributed by atoms with Gasteiger partial charge in [0.2, 0.25) is 5.91 Å². The summed E-state index contributed by atoms with van der Waals surface area (Å²) in [7, 11) is 0. The zero-order valence-corrected chi connectivity index (χ0v) is 13.7. The Morgan fingerprint density at radius 1 is 1.27 bits per heavy atom. The van der Waals surface area contributed by atoms with Crippen LogP contribution in [0.4, 0.5) is 5.82 Å². The first-order valence-electron chi connectivity index (χ1n) is 7.87. The van der Waals surface area contributed by atoms with E-state index in [0.29, 0.717) is 6.42 Å². The van der Waals surface area contributed by atoms with E-state index in [-0.39, 0.29) is 17.4 Å². The SMILES string of the molecule is CCc1ccc([C@H]2CC(=O)Nc3c2cnn3C(C)(C)C)cc1. The molecule has 1 aromatic heterocycles. The molecule has 0 fully saturated rings. The van der Waals surface area contributed by atoms with Crippen molar-refractivity contribution in [3.8, 4) is 0 Å². The molecule has 1 amide bonds. The minimum atomic E-state index is -0.158. The van der Waals surface area contributed by atoms with Crippen molar-refractivity contribution >= 4 is 11.7 Å².